The van der Waals surface area contributed by atoms with Crippen LogP contribution in [0.5, 0.6) is 0 Å². The highest BCUT2D eigenvalue weighted by atomic mass is 35.5. The number of aryl methyl sites for hydroxylation is 1. The van der Waals surface area contributed by atoms with Crippen LogP contribution in [0.15, 0.2) is 33.9 Å². The summed E-state index contributed by atoms with van der Waals surface area (Å²) in [5.41, 5.74) is 1.61. The van der Waals surface area contributed by atoms with Gasteiger partial charge in [0.2, 0.25) is 5.91 Å². The van der Waals surface area contributed by atoms with Crippen LogP contribution in [0.1, 0.15) is 24.8 Å². The van der Waals surface area contributed by atoms with Gasteiger partial charge < -0.3 is 5.32 Å². The summed E-state index contributed by atoms with van der Waals surface area (Å²) in [4.78, 5) is 17.4. The molecule has 1 amide bonds. The van der Waals surface area contributed by atoms with E-state index in [2.05, 4.69) is 10.3 Å². The Bertz CT molecular complexity index is 1130. The van der Waals surface area contributed by atoms with Crippen LogP contribution in [-0.2, 0) is 14.8 Å². The van der Waals surface area contributed by atoms with E-state index in [0.29, 0.717) is 23.1 Å². The number of halogens is 1. The van der Waals surface area contributed by atoms with E-state index in [-0.39, 0.29) is 10.1 Å². The molecule has 1 aromatic carbocycles. The fourth-order valence-electron chi connectivity index (χ4n) is 3.32. The first kappa shape index (κ1) is 19.8. The number of nitrogens with zero attached hydrogens (tertiary/aromatic N) is 2. The van der Waals surface area contributed by atoms with E-state index in [1.165, 1.54) is 15.6 Å². The summed E-state index contributed by atoms with van der Waals surface area (Å²) in [6, 6.07) is 6.21. The molecular weight excluding hydrogens is 438 g/mol. The highest BCUT2D eigenvalue weighted by Crippen LogP contribution is 2.33. The maximum Gasteiger partial charge on any atom is 0.253 e. The lowest BCUT2D eigenvalue weighted by atomic mass is 10.0. The molecular formula is C18H18ClN3O3S3. The van der Waals surface area contributed by atoms with Crippen molar-refractivity contribution in [3.8, 4) is 0 Å². The largest absolute Gasteiger partial charge is 0.301 e. The van der Waals surface area contributed by atoms with Crippen LogP contribution in [0.3, 0.4) is 0 Å². The molecule has 0 aliphatic carbocycles. The maximum atomic E-state index is 13.0. The Labute approximate surface area is 176 Å². The molecule has 0 radical (unpaired) electrons. The second kappa shape index (κ2) is 7.72. The number of hydrogen-bond acceptors (Lipinski definition) is 6. The molecule has 4 rings (SSSR count). The van der Waals surface area contributed by atoms with Crippen molar-refractivity contribution in [2.24, 2.45) is 0 Å². The van der Waals surface area contributed by atoms with E-state index in [9.17, 15) is 13.2 Å². The number of carbonyl (C=O) groups is 1. The number of rotatable bonds is 4. The normalized spacial score (nSPS) is 18.4. The smallest absolute Gasteiger partial charge is 0.253 e. The quantitative estimate of drug-likeness (QED) is 0.628. The van der Waals surface area contributed by atoms with Gasteiger partial charge in [-0.1, -0.05) is 35.4 Å². The molecule has 10 heteroatoms. The van der Waals surface area contributed by atoms with Crippen molar-refractivity contribution >= 4 is 65.6 Å². The number of thiazole rings is 1. The molecule has 1 atom stereocenters. The molecule has 2 aromatic heterocycles. The van der Waals surface area contributed by atoms with Crippen molar-refractivity contribution < 1.29 is 13.2 Å². The molecule has 1 fully saturated rings. The molecule has 0 bridgehead atoms. The summed E-state index contributed by atoms with van der Waals surface area (Å²) in [7, 11) is -3.69. The van der Waals surface area contributed by atoms with Crippen LogP contribution < -0.4 is 5.32 Å². The monoisotopic (exact) mass is 455 g/mol. The summed E-state index contributed by atoms with van der Waals surface area (Å²) in [5, 5.41) is 5.61. The Balaban J connectivity index is 1.60. The molecule has 3 heterocycles. The van der Waals surface area contributed by atoms with Gasteiger partial charge in [-0.2, -0.15) is 4.31 Å². The standard InChI is InChI=1S/C18H18ClN3O3S3/c1-11-12(19)7-8-14-16(11)20-18(27-14)21-17(23)13-5-2-3-9-22(13)28(24,25)15-6-4-10-26-15/h4,6-8,10,13H,2-3,5,9H2,1H3,(H,20,21,23). The minimum absolute atomic E-state index is 0.262. The van der Waals surface area contributed by atoms with E-state index in [0.717, 1.165) is 40.0 Å². The van der Waals surface area contributed by atoms with Crippen LogP contribution in [0, 0.1) is 6.92 Å². The Morgan fingerprint density at radius 3 is 2.89 bits per heavy atom. The number of hydrogen-bond donors (Lipinski definition) is 1. The fraction of sp³-hybridized carbons (Fsp3) is 0.333. The Kier molecular flexibility index (Phi) is 5.45. The highest BCUT2D eigenvalue weighted by Gasteiger charge is 2.38. The number of fused-ring (bicyclic) bond motifs is 1. The average molecular weight is 456 g/mol. The summed E-state index contributed by atoms with van der Waals surface area (Å²) in [6.07, 6.45) is 2.04. The van der Waals surface area contributed by atoms with Gasteiger partial charge >= 0.3 is 0 Å². The van der Waals surface area contributed by atoms with Crippen LogP contribution in [0.2, 0.25) is 5.02 Å². The van der Waals surface area contributed by atoms with E-state index in [4.69, 9.17) is 11.6 Å². The molecule has 6 nitrogen and oxygen atoms in total. The van der Waals surface area contributed by atoms with Gasteiger partial charge in [-0.25, -0.2) is 13.4 Å². The molecule has 3 aromatic rings. The number of aromatic nitrogens is 1. The molecule has 148 valence electrons. The summed E-state index contributed by atoms with van der Waals surface area (Å²) < 4.78 is 28.4. The van der Waals surface area contributed by atoms with E-state index < -0.39 is 16.1 Å². The number of sulfonamides is 1. The number of piperidine rings is 1. The van der Waals surface area contributed by atoms with Crippen molar-refractivity contribution in [2.75, 3.05) is 11.9 Å². The maximum absolute atomic E-state index is 13.0. The number of nitrogens with one attached hydrogen (secondary N) is 1. The summed E-state index contributed by atoms with van der Waals surface area (Å²) in [5.74, 6) is -0.345. The molecule has 1 unspecified atom stereocenters. The van der Waals surface area contributed by atoms with Crippen LogP contribution >= 0.6 is 34.3 Å². The lowest BCUT2D eigenvalue weighted by Crippen LogP contribution is -2.49. The van der Waals surface area contributed by atoms with Crippen LogP contribution in [0.4, 0.5) is 5.13 Å². The Morgan fingerprint density at radius 2 is 2.14 bits per heavy atom. The SMILES string of the molecule is Cc1c(Cl)ccc2sc(NC(=O)C3CCCCN3S(=O)(=O)c3cccs3)nc12. The number of carbonyl (C=O) groups excluding carboxylic acids is 1. The Morgan fingerprint density at radius 1 is 1.32 bits per heavy atom. The predicted octanol–water partition coefficient (Wildman–Crippen LogP) is 4.50. The number of benzene rings is 1. The number of amides is 1. The first-order valence-corrected chi connectivity index (χ1v) is 12.3. The number of anilines is 1. The van der Waals surface area contributed by atoms with Gasteiger partial charge in [0.05, 0.1) is 10.2 Å². The van der Waals surface area contributed by atoms with Gasteiger partial charge in [0.25, 0.3) is 10.0 Å². The molecule has 28 heavy (non-hydrogen) atoms. The molecule has 1 aliphatic heterocycles. The zero-order valence-electron chi connectivity index (χ0n) is 15.0. The summed E-state index contributed by atoms with van der Waals surface area (Å²) in [6.45, 7) is 2.22. The van der Waals surface area contributed by atoms with E-state index in [1.54, 1.807) is 23.6 Å². The highest BCUT2D eigenvalue weighted by molar-refractivity contribution is 7.91. The van der Waals surface area contributed by atoms with Gasteiger partial charge in [-0.3, -0.25) is 4.79 Å². The van der Waals surface area contributed by atoms with Gasteiger partial charge in [0.15, 0.2) is 5.13 Å². The average Bonchev–Trinajstić information content (AvgIpc) is 3.35. The first-order chi connectivity index (χ1) is 13.4. The predicted molar refractivity (Wildman–Crippen MR) is 114 cm³/mol. The summed E-state index contributed by atoms with van der Waals surface area (Å²) >= 11 is 8.66. The van der Waals surface area contributed by atoms with E-state index in [1.807, 2.05) is 13.0 Å². The molecule has 1 aliphatic rings. The minimum Gasteiger partial charge on any atom is -0.301 e. The molecule has 0 spiro atoms. The van der Waals surface area contributed by atoms with Gasteiger partial charge in [-0.05, 0) is 48.9 Å². The van der Waals surface area contributed by atoms with Crippen molar-refractivity contribution in [1.29, 1.82) is 0 Å². The topological polar surface area (TPSA) is 79.4 Å². The van der Waals surface area contributed by atoms with Crippen LogP contribution in [-0.4, -0.2) is 36.2 Å². The second-order valence-electron chi connectivity index (χ2n) is 6.59. The molecule has 1 saturated heterocycles. The van der Waals surface area contributed by atoms with Crippen molar-refractivity contribution in [2.45, 2.75) is 36.4 Å². The first-order valence-electron chi connectivity index (χ1n) is 8.80. The lowest BCUT2D eigenvalue weighted by molar-refractivity contribution is -0.120. The third-order valence-electron chi connectivity index (χ3n) is 4.79. The van der Waals surface area contributed by atoms with E-state index >= 15 is 0 Å². The van der Waals surface area contributed by atoms with Crippen molar-refractivity contribution in [1.82, 2.24) is 9.29 Å². The Hall–Kier alpha value is -1.52. The lowest BCUT2D eigenvalue weighted by Gasteiger charge is -2.32. The molecule has 1 N–H and O–H groups in total. The van der Waals surface area contributed by atoms with Crippen molar-refractivity contribution in [3.63, 3.8) is 0 Å². The third-order valence-corrected chi connectivity index (χ3v) is 9.42. The zero-order valence-corrected chi connectivity index (χ0v) is 18.2. The van der Waals surface area contributed by atoms with Crippen LogP contribution in [0.25, 0.3) is 10.2 Å². The fourth-order valence-corrected chi connectivity index (χ4v) is 7.18. The second-order valence-corrected chi connectivity index (χ2v) is 11.1. The van der Waals surface area contributed by atoms with Gasteiger partial charge in [-0.15, -0.1) is 11.3 Å². The van der Waals surface area contributed by atoms with Gasteiger partial charge in [0.1, 0.15) is 10.3 Å². The zero-order chi connectivity index (χ0) is 19.9. The minimum atomic E-state index is -3.69. The number of thiophene rings is 1. The van der Waals surface area contributed by atoms with Crippen molar-refractivity contribution in [3.05, 3.63) is 40.2 Å². The third kappa shape index (κ3) is 3.57. The molecule has 0 saturated carbocycles. The van der Waals surface area contributed by atoms with Gasteiger partial charge in [0, 0.05) is 11.6 Å².